The van der Waals surface area contributed by atoms with Crippen LogP contribution in [-0.4, -0.2) is 23.3 Å². The van der Waals surface area contributed by atoms with Crippen LogP contribution in [0.1, 0.15) is 79.2 Å². The molecule has 0 saturated heterocycles. The molecule has 1 aliphatic rings. The van der Waals surface area contributed by atoms with Crippen molar-refractivity contribution in [3.63, 3.8) is 0 Å². The molecule has 3 heteroatoms. The maximum absolute atomic E-state index is 12.4. The lowest BCUT2D eigenvalue weighted by Crippen LogP contribution is -2.33. The van der Waals surface area contributed by atoms with Gasteiger partial charge in [-0.15, -0.1) is 0 Å². The Hall–Kier alpha value is -1.64. The first-order chi connectivity index (χ1) is 10.5. The lowest BCUT2D eigenvalue weighted by Gasteiger charge is -2.15. The van der Waals surface area contributed by atoms with Gasteiger partial charge in [0.2, 0.25) is 0 Å². The van der Waals surface area contributed by atoms with E-state index in [2.05, 4.69) is 6.92 Å². The van der Waals surface area contributed by atoms with Gasteiger partial charge in [0, 0.05) is 6.54 Å². The molecule has 0 radical (unpaired) electrons. The lowest BCUT2D eigenvalue weighted by atomic mass is 10.0. The number of nitrogens with zero attached hydrogens (tertiary/aromatic N) is 1. The molecule has 22 heavy (non-hydrogen) atoms. The van der Waals surface area contributed by atoms with Crippen LogP contribution < -0.4 is 0 Å². The second kappa shape index (κ2) is 7.57. The zero-order valence-corrected chi connectivity index (χ0v) is 14.0. The second-order valence-electron chi connectivity index (χ2n) is 6.66. The molecule has 2 rings (SSSR count). The molecule has 1 aromatic carbocycles. The van der Waals surface area contributed by atoms with Gasteiger partial charge in [0.15, 0.2) is 0 Å². The summed E-state index contributed by atoms with van der Waals surface area (Å²) in [7, 11) is 0. The molecule has 3 nitrogen and oxygen atoms in total. The van der Waals surface area contributed by atoms with Gasteiger partial charge in [0.25, 0.3) is 11.8 Å². The van der Waals surface area contributed by atoms with Crippen LogP contribution in [0.15, 0.2) is 18.2 Å². The minimum atomic E-state index is -0.136. The zero-order valence-electron chi connectivity index (χ0n) is 14.0. The normalized spacial score (nSPS) is 14.1. The first-order valence-corrected chi connectivity index (χ1v) is 8.53. The Bertz CT molecular complexity index is 548. The van der Waals surface area contributed by atoms with Crippen LogP contribution in [0.2, 0.25) is 0 Å². The highest BCUT2D eigenvalue weighted by molar-refractivity contribution is 6.21. The maximum Gasteiger partial charge on any atom is 0.261 e. The van der Waals surface area contributed by atoms with E-state index in [1.54, 1.807) is 0 Å². The van der Waals surface area contributed by atoms with Gasteiger partial charge in [0.05, 0.1) is 11.1 Å². The number of carbonyl (C=O) groups excluding carboxylic acids is 2. The predicted octanol–water partition coefficient (Wildman–Crippen LogP) is 4.45. The van der Waals surface area contributed by atoms with Gasteiger partial charge < -0.3 is 0 Å². The summed E-state index contributed by atoms with van der Waals surface area (Å²) in [6.07, 6.45) is 7.19. The van der Waals surface area contributed by atoms with E-state index in [9.17, 15) is 9.59 Å². The highest BCUT2D eigenvalue weighted by Crippen LogP contribution is 2.25. The number of fused-ring (bicyclic) bond motifs is 1. The minimum absolute atomic E-state index is 0.124. The number of hydrogen-bond donors (Lipinski definition) is 0. The largest absolute Gasteiger partial charge is 0.274 e. The van der Waals surface area contributed by atoms with Crippen molar-refractivity contribution >= 4 is 11.8 Å². The van der Waals surface area contributed by atoms with Crippen molar-refractivity contribution in [1.29, 1.82) is 0 Å². The molecule has 0 unspecified atom stereocenters. The highest BCUT2D eigenvalue weighted by Gasteiger charge is 2.35. The fourth-order valence-corrected chi connectivity index (χ4v) is 2.96. The van der Waals surface area contributed by atoms with Gasteiger partial charge >= 0.3 is 0 Å². The van der Waals surface area contributed by atoms with Gasteiger partial charge in [-0.25, -0.2) is 0 Å². The van der Waals surface area contributed by atoms with E-state index in [1.807, 2.05) is 32.0 Å². The number of unbranched alkanes of at least 4 members (excludes halogenated alkanes) is 4. The molecule has 2 amide bonds. The lowest BCUT2D eigenvalue weighted by molar-refractivity contribution is 0.0636. The molecule has 0 N–H and O–H groups in total. The molecule has 1 aliphatic heterocycles. The Morgan fingerprint density at radius 3 is 2.32 bits per heavy atom. The smallest absolute Gasteiger partial charge is 0.261 e. The van der Waals surface area contributed by atoms with E-state index < -0.39 is 0 Å². The van der Waals surface area contributed by atoms with Gasteiger partial charge in [-0.1, -0.05) is 52.5 Å². The summed E-state index contributed by atoms with van der Waals surface area (Å²) in [5, 5.41) is 0. The third-order valence-corrected chi connectivity index (χ3v) is 4.15. The Morgan fingerprint density at radius 2 is 1.64 bits per heavy atom. The number of hydrogen-bond acceptors (Lipinski definition) is 2. The highest BCUT2D eigenvalue weighted by atomic mass is 16.2. The van der Waals surface area contributed by atoms with Crippen LogP contribution >= 0.6 is 0 Å². The first kappa shape index (κ1) is 16.7. The number of imide groups is 1. The van der Waals surface area contributed by atoms with Crippen LogP contribution in [0.5, 0.6) is 0 Å². The molecule has 1 aromatic rings. The maximum atomic E-state index is 12.4. The van der Waals surface area contributed by atoms with Crippen LogP contribution in [0.3, 0.4) is 0 Å². The monoisotopic (exact) mass is 301 g/mol. The molecule has 0 spiro atoms. The molecular formula is C19H27NO2. The van der Waals surface area contributed by atoms with E-state index in [0.29, 0.717) is 23.6 Å². The van der Waals surface area contributed by atoms with E-state index in [0.717, 1.165) is 12.8 Å². The molecule has 0 atom stereocenters. The molecule has 0 fully saturated rings. The van der Waals surface area contributed by atoms with Gasteiger partial charge in [-0.05, 0) is 36.5 Å². The Morgan fingerprint density at radius 1 is 0.955 bits per heavy atom. The van der Waals surface area contributed by atoms with Crippen molar-refractivity contribution in [2.75, 3.05) is 6.54 Å². The summed E-state index contributed by atoms with van der Waals surface area (Å²) >= 11 is 0. The van der Waals surface area contributed by atoms with Crippen LogP contribution in [-0.2, 0) is 6.42 Å². The van der Waals surface area contributed by atoms with Crippen molar-refractivity contribution in [2.24, 2.45) is 5.92 Å². The standard InChI is InChI=1S/C19H27NO2/c1-4-5-6-7-8-9-15-10-11-16-17(12-15)19(22)20(18(16)21)13-14(2)3/h10-12,14H,4-9,13H2,1-3H3. The van der Waals surface area contributed by atoms with Gasteiger partial charge in [-0.3, -0.25) is 14.5 Å². The van der Waals surface area contributed by atoms with Crippen molar-refractivity contribution in [3.05, 3.63) is 34.9 Å². The Labute approximate surface area is 133 Å². The molecular weight excluding hydrogens is 274 g/mol. The average Bonchev–Trinajstić information content (AvgIpc) is 2.72. The third kappa shape index (κ3) is 3.76. The van der Waals surface area contributed by atoms with Crippen LogP contribution in [0.25, 0.3) is 0 Å². The van der Waals surface area contributed by atoms with Gasteiger partial charge in [0.1, 0.15) is 0 Å². The zero-order chi connectivity index (χ0) is 16.1. The van der Waals surface area contributed by atoms with E-state index in [4.69, 9.17) is 0 Å². The minimum Gasteiger partial charge on any atom is -0.274 e. The second-order valence-corrected chi connectivity index (χ2v) is 6.66. The SMILES string of the molecule is CCCCCCCc1ccc2c(c1)C(=O)N(CC(C)C)C2=O. The summed E-state index contributed by atoms with van der Waals surface area (Å²) in [4.78, 5) is 26.1. The van der Waals surface area contributed by atoms with E-state index in [-0.39, 0.29) is 11.8 Å². The average molecular weight is 301 g/mol. The number of amides is 2. The topological polar surface area (TPSA) is 37.4 Å². The fourth-order valence-electron chi connectivity index (χ4n) is 2.96. The number of carbonyl (C=O) groups is 2. The summed E-state index contributed by atoms with van der Waals surface area (Å²) in [6, 6.07) is 5.76. The van der Waals surface area contributed by atoms with Crippen LogP contribution in [0.4, 0.5) is 0 Å². The summed E-state index contributed by atoms with van der Waals surface area (Å²) in [5.74, 6) is 0.0324. The third-order valence-electron chi connectivity index (χ3n) is 4.15. The summed E-state index contributed by atoms with van der Waals surface area (Å²) in [5.41, 5.74) is 2.33. The molecule has 1 heterocycles. The fraction of sp³-hybridized carbons (Fsp3) is 0.579. The van der Waals surface area contributed by atoms with Crippen molar-refractivity contribution in [1.82, 2.24) is 4.90 Å². The summed E-state index contributed by atoms with van der Waals surface area (Å²) < 4.78 is 0. The molecule has 0 saturated carbocycles. The molecule has 0 aliphatic carbocycles. The van der Waals surface area contributed by atoms with Crippen LogP contribution in [0, 0.1) is 5.92 Å². The summed E-state index contributed by atoms with van der Waals surface area (Å²) in [6.45, 7) is 6.75. The van der Waals surface area contributed by atoms with Crippen molar-refractivity contribution in [2.45, 2.75) is 59.3 Å². The first-order valence-electron chi connectivity index (χ1n) is 8.53. The van der Waals surface area contributed by atoms with Crippen molar-refractivity contribution in [3.8, 4) is 0 Å². The van der Waals surface area contributed by atoms with Gasteiger partial charge in [-0.2, -0.15) is 0 Å². The number of rotatable bonds is 8. The number of aryl methyl sites for hydroxylation is 1. The number of benzene rings is 1. The molecule has 120 valence electrons. The van der Waals surface area contributed by atoms with E-state index >= 15 is 0 Å². The van der Waals surface area contributed by atoms with E-state index in [1.165, 1.54) is 36.1 Å². The quantitative estimate of drug-likeness (QED) is 0.525. The molecule has 0 aromatic heterocycles. The van der Waals surface area contributed by atoms with Crippen molar-refractivity contribution < 1.29 is 9.59 Å². The predicted molar refractivity (Wildman–Crippen MR) is 89.1 cm³/mol. The Kier molecular flexibility index (Phi) is 5.76. The Balaban J connectivity index is 2.02. The molecule has 0 bridgehead atoms.